The largest absolute Gasteiger partial charge is 0.393 e. The fraction of sp³-hybridized carbons (Fsp3) is 0.929. The van der Waals surface area contributed by atoms with Gasteiger partial charge in [0.25, 0.3) is 0 Å². The van der Waals surface area contributed by atoms with Crippen molar-refractivity contribution in [2.75, 3.05) is 13.6 Å². The maximum absolute atomic E-state index is 11.9. The molecule has 3 heteroatoms. The third-order valence-corrected chi connectivity index (χ3v) is 4.59. The van der Waals surface area contributed by atoms with Gasteiger partial charge in [0.15, 0.2) is 0 Å². The van der Waals surface area contributed by atoms with Gasteiger partial charge in [-0.2, -0.15) is 0 Å². The molecule has 2 rings (SSSR count). The molecule has 0 saturated heterocycles. The van der Waals surface area contributed by atoms with Crippen LogP contribution in [0.5, 0.6) is 0 Å². The second kappa shape index (κ2) is 5.38. The third-order valence-electron chi connectivity index (χ3n) is 4.59. The van der Waals surface area contributed by atoms with E-state index in [4.69, 9.17) is 0 Å². The lowest BCUT2D eigenvalue weighted by Gasteiger charge is -2.27. The van der Waals surface area contributed by atoms with Crippen molar-refractivity contribution in [2.45, 2.75) is 51.6 Å². The lowest BCUT2D eigenvalue weighted by atomic mass is 9.88. The Bertz CT molecular complexity index is 277. The van der Waals surface area contributed by atoms with Crippen LogP contribution in [0.2, 0.25) is 0 Å². The van der Waals surface area contributed by atoms with Crippen LogP contribution in [-0.4, -0.2) is 35.6 Å². The Kier molecular flexibility index (Phi) is 4.08. The van der Waals surface area contributed by atoms with E-state index >= 15 is 0 Å². The molecule has 2 aliphatic carbocycles. The number of aliphatic hydroxyl groups excluding tert-OH is 1. The smallest absolute Gasteiger partial charge is 0.222 e. The SMILES string of the molecule is CC(O)CCC(=O)N(C)CC1CC2CCC1C2. The molecule has 0 aromatic carbocycles. The number of aliphatic hydroxyl groups is 1. The van der Waals surface area contributed by atoms with E-state index in [1.807, 2.05) is 11.9 Å². The van der Waals surface area contributed by atoms with Gasteiger partial charge in [-0.05, 0) is 50.4 Å². The van der Waals surface area contributed by atoms with E-state index in [1.165, 1.54) is 25.7 Å². The van der Waals surface area contributed by atoms with Gasteiger partial charge in [0, 0.05) is 20.0 Å². The summed E-state index contributed by atoms with van der Waals surface area (Å²) in [6.07, 6.45) is 6.23. The number of hydrogen-bond acceptors (Lipinski definition) is 2. The summed E-state index contributed by atoms with van der Waals surface area (Å²) in [6, 6.07) is 0. The van der Waals surface area contributed by atoms with Gasteiger partial charge in [0.1, 0.15) is 0 Å². The molecule has 0 aliphatic heterocycles. The number of rotatable bonds is 5. The summed E-state index contributed by atoms with van der Waals surface area (Å²) in [6.45, 7) is 2.67. The first-order valence-corrected chi connectivity index (χ1v) is 6.98. The second-order valence-corrected chi connectivity index (χ2v) is 6.10. The zero-order chi connectivity index (χ0) is 12.4. The van der Waals surface area contributed by atoms with Crippen LogP contribution in [0.15, 0.2) is 0 Å². The monoisotopic (exact) mass is 239 g/mol. The van der Waals surface area contributed by atoms with E-state index < -0.39 is 0 Å². The van der Waals surface area contributed by atoms with E-state index in [0.717, 1.165) is 24.3 Å². The van der Waals surface area contributed by atoms with E-state index in [-0.39, 0.29) is 12.0 Å². The van der Waals surface area contributed by atoms with Crippen LogP contribution in [0.25, 0.3) is 0 Å². The number of hydrogen-bond donors (Lipinski definition) is 1. The Hall–Kier alpha value is -0.570. The third kappa shape index (κ3) is 3.21. The molecule has 3 nitrogen and oxygen atoms in total. The minimum Gasteiger partial charge on any atom is -0.393 e. The minimum atomic E-state index is -0.366. The molecule has 4 unspecified atom stereocenters. The average Bonchev–Trinajstić information content (AvgIpc) is 2.87. The summed E-state index contributed by atoms with van der Waals surface area (Å²) >= 11 is 0. The highest BCUT2D eigenvalue weighted by molar-refractivity contribution is 5.75. The standard InChI is InChI=1S/C14H25NO2/c1-10(16)3-6-14(17)15(2)9-13-8-11-4-5-12(13)7-11/h10-13,16H,3-9H2,1-2H3. The molecule has 0 heterocycles. The molecule has 2 fully saturated rings. The summed E-state index contributed by atoms with van der Waals surface area (Å²) in [5.74, 6) is 2.76. The van der Waals surface area contributed by atoms with Crippen LogP contribution in [0, 0.1) is 17.8 Å². The molecule has 2 aliphatic rings. The summed E-state index contributed by atoms with van der Waals surface area (Å²) in [5, 5.41) is 9.18. The molecular formula is C14H25NO2. The van der Waals surface area contributed by atoms with Crippen molar-refractivity contribution in [2.24, 2.45) is 17.8 Å². The molecule has 98 valence electrons. The summed E-state index contributed by atoms with van der Waals surface area (Å²) < 4.78 is 0. The Balaban J connectivity index is 1.73. The fourth-order valence-corrected chi connectivity index (χ4v) is 3.58. The molecule has 0 radical (unpaired) electrons. The van der Waals surface area contributed by atoms with Gasteiger partial charge in [-0.3, -0.25) is 4.79 Å². The van der Waals surface area contributed by atoms with Crippen LogP contribution < -0.4 is 0 Å². The van der Waals surface area contributed by atoms with E-state index in [0.29, 0.717) is 12.8 Å². The van der Waals surface area contributed by atoms with Gasteiger partial charge in [-0.15, -0.1) is 0 Å². The van der Waals surface area contributed by atoms with Crippen molar-refractivity contribution in [3.8, 4) is 0 Å². The van der Waals surface area contributed by atoms with Crippen LogP contribution >= 0.6 is 0 Å². The number of carbonyl (C=O) groups is 1. The fourth-order valence-electron chi connectivity index (χ4n) is 3.58. The first kappa shape index (κ1) is 12.9. The van der Waals surface area contributed by atoms with Crippen molar-refractivity contribution >= 4 is 5.91 Å². The first-order valence-electron chi connectivity index (χ1n) is 6.98. The maximum Gasteiger partial charge on any atom is 0.222 e. The molecule has 0 aromatic heterocycles. The van der Waals surface area contributed by atoms with Crippen LogP contribution in [0.4, 0.5) is 0 Å². The highest BCUT2D eigenvalue weighted by atomic mass is 16.3. The van der Waals surface area contributed by atoms with E-state index in [2.05, 4.69) is 0 Å². The molecular weight excluding hydrogens is 214 g/mol. The van der Waals surface area contributed by atoms with Crippen molar-refractivity contribution < 1.29 is 9.90 Å². The summed E-state index contributed by atoms with van der Waals surface area (Å²) in [5.41, 5.74) is 0. The lowest BCUT2D eigenvalue weighted by Crippen LogP contribution is -2.34. The number of carbonyl (C=O) groups excluding carboxylic acids is 1. The number of amides is 1. The highest BCUT2D eigenvalue weighted by Crippen LogP contribution is 2.48. The van der Waals surface area contributed by atoms with Gasteiger partial charge in [-0.1, -0.05) is 6.42 Å². The molecule has 4 atom stereocenters. The Morgan fingerprint density at radius 2 is 2.18 bits per heavy atom. The zero-order valence-corrected chi connectivity index (χ0v) is 11.1. The lowest BCUT2D eigenvalue weighted by molar-refractivity contribution is -0.131. The molecule has 1 amide bonds. The minimum absolute atomic E-state index is 0.189. The molecule has 0 aromatic rings. The predicted molar refractivity (Wildman–Crippen MR) is 67.5 cm³/mol. The van der Waals surface area contributed by atoms with Gasteiger partial charge in [0.2, 0.25) is 5.91 Å². The topological polar surface area (TPSA) is 40.5 Å². The quantitative estimate of drug-likeness (QED) is 0.797. The van der Waals surface area contributed by atoms with Gasteiger partial charge in [-0.25, -0.2) is 0 Å². The zero-order valence-electron chi connectivity index (χ0n) is 11.1. The summed E-state index contributed by atoms with van der Waals surface area (Å²) in [7, 11) is 1.91. The Morgan fingerprint density at radius 3 is 2.71 bits per heavy atom. The number of fused-ring (bicyclic) bond motifs is 2. The van der Waals surface area contributed by atoms with Gasteiger partial charge < -0.3 is 10.0 Å². The van der Waals surface area contributed by atoms with Crippen molar-refractivity contribution in [3.05, 3.63) is 0 Å². The van der Waals surface area contributed by atoms with Crippen LogP contribution in [-0.2, 0) is 4.79 Å². The van der Waals surface area contributed by atoms with E-state index in [9.17, 15) is 9.90 Å². The van der Waals surface area contributed by atoms with Gasteiger partial charge >= 0.3 is 0 Å². The predicted octanol–water partition coefficient (Wildman–Crippen LogP) is 2.04. The van der Waals surface area contributed by atoms with Crippen molar-refractivity contribution in [3.63, 3.8) is 0 Å². The van der Waals surface area contributed by atoms with E-state index in [1.54, 1.807) is 6.92 Å². The molecule has 17 heavy (non-hydrogen) atoms. The highest BCUT2D eigenvalue weighted by Gasteiger charge is 2.39. The first-order chi connectivity index (χ1) is 8.06. The van der Waals surface area contributed by atoms with Crippen LogP contribution in [0.1, 0.15) is 45.4 Å². The Morgan fingerprint density at radius 1 is 1.41 bits per heavy atom. The molecule has 2 bridgehead atoms. The normalized spacial score (nSPS) is 32.8. The van der Waals surface area contributed by atoms with Gasteiger partial charge in [0.05, 0.1) is 6.10 Å². The Labute approximate surface area is 104 Å². The molecule has 0 spiro atoms. The molecule has 1 N–H and O–H groups in total. The second-order valence-electron chi connectivity index (χ2n) is 6.10. The van der Waals surface area contributed by atoms with Crippen molar-refractivity contribution in [1.82, 2.24) is 4.90 Å². The van der Waals surface area contributed by atoms with Crippen LogP contribution in [0.3, 0.4) is 0 Å². The average molecular weight is 239 g/mol. The summed E-state index contributed by atoms with van der Waals surface area (Å²) in [4.78, 5) is 13.7. The number of nitrogens with zero attached hydrogens (tertiary/aromatic N) is 1. The maximum atomic E-state index is 11.9. The molecule has 2 saturated carbocycles. The van der Waals surface area contributed by atoms with Crippen molar-refractivity contribution in [1.29, 1.82) is 0 Å².